The molecular formula is C12H18BrN3O. The SMILES string of the molecule is CC(C)n1ncc(Br)c1C(=O)CNCC1CC1. The van der Waals surface area contributed by atoms with E-state index in [2.05, 4.69) is 26.3 Å². The minimum Gasteiger partial charge on any atom is -0.309 e. The van der Waals surface area contributed by atoms with Crippen molar-refractivity contribution in [2.45, 2.75) is 32.7 Å². The van der Waals surface area contributed by atoms with Crippen molar-refractivity contribution in [1.82, 2.24) is 15.1 Å². The number of aromatic nitrogens is 2. The second kappa shape index (κ2) is 5.31. The molecule has 1 aromatic rings. The van der Waals surface area contributed by atoms with Gasteiger partial charge in [0.05, 0.1) is 17.2 Å². The third kappa shape index (κ3) is 3.16. The molecule has 1 aliphatic carbocycles. The number of nitrogens with zero attached hydrogens (tertiary/aromatic N) is 2. The molecule has 1 aromatic heterocycles. The highest BCUT2D eigenvalue weighted by atomic mass is 79.9. The summed E-state index contributed by atoms with van der Waals surface area (Å²) >= 11 is 3.39. The maximum absolute atomic E-state index is 12.1. The molecule has 5 heteroatoms. The molecule has 0 radical (unpaired) electrons. The summed E-state index contributed by atoms with van der Waals surface area (Å²) in [4.78, 5) is 12.1. The van der Waals surface area contributed by atoms with Crippen LogP contribution in [0.3, 0.4) is 0 Å². The van der Waals surface area contributed by atoms with Gasteiger partial charge in [-0.2, -0.15) is 5.10 Å². The van der Waals surface area contributed by atoms with Gasteiger partial charge in [-0.3, -0.25) is 9.48 Å². The van der Waals surface area contributed by atoms with Gasteiger partial charge in [-0.25, -0.2) is 0 Å². The van der Waals surface area contributed by atoms with Crippen LogP contribution in [-0.2, 0) is 0 Å². The molecule has 1 heterocycles. The van der Waals surface area contributed by atoms with Crippen molar-refractivity contribution in [2.75, 3.05) is 13.1 Å². The van der Waals surface area contributed by atoms with Gasteiger partial charge in [-0.05, 0) is 55.1 Å². The van der Waals surface area contributed by atoms with E-state index in [9.17, 15) is 4.79 Å². The summed E-state index contributed by atoms with van der Waals surface area (Å²) in [6, 6.07) is 0.198. The van der Waals surface area contributed by atoms with Crippen molar-refractivity contribution in [3.63, 3.8) is 0 Å². The van der Waals surface area contributed by atoms with Crippen molar-refractivity contribution in [3.8, 4) is 0 Å². The molecule has 0 aliphatic heterocycles. The Hall–Kier alpha value is -0.680. The molecule has 0 saturated heterocycles. The maximum atomic E-state index is 12.1. The van der Waals surface area contributed by atoms with E-state index in [1.165, 1.54) is 12.8 Å². The zero-order chi connectivity index (χ0) is 12.4. The standard InChI is InChI=1S/C12H18BrN3O/c1-8(2)16-12(10(13)6-15-16)11(17)7-14-5-9-3-4-9/h6,8-9,14H,3-5,7H2,1-2H3. The Balaban J connectivity index is 1.98. The summed E-state index contributed by atoms with van der Waals surface area (Å²) in [6.07, 6.45) is 4.29. The Morgan fingerprint density at radius 3 is 2.94 bits per heavy atom. The lowest BCUT2D eigenvalue weighted by Crippen LogP contribution is -2.27. The van der Waals surface area contributed by atoms with Crippen molar-refractivity contribution in [2.24, 2.45) is 5.92 Å². The van der Waals surface area contributed by atoms with E-state index < -0.39 is 0 Å². The topological polar surface area (TPSA) is 46.9 Å². The molecule has 17 heavy (non-hydrogen) atoms. The average Bonchev–Trinajstić information content (AvgIpc) is 2.99. The quantitative estimate of drug-likeness (QED) is 0.821. The molecule has 94 valence electrons. The zero-order valence-corrected chi connectivity index (χ0v) is 11.8. The zero-order valence-electron chi connectivity index (χ0n) is 10.2. The summed E-state index contributed by atoms with van der Waals surface area (Å²) < 4.78 is 2.55. The molecule has 0 amide bonds. The predicted molar refractivity (Wildman–Crippen MR) is 70.2 cm³/mol. The number of rotatable bonds is 6. The Labute approximate surface area is 110 Å². The third-order valence-corrected chi connectivity index (χ3v) is 3.50. The molecular weight excluding hydrogens is 282 g/mol. The number of nitrogens with one attached hydrogen (secondary N) is 1. The first-order chi connectivity index (χ1) is 8.09. The number of carbonyl (C=O) groups excluding carboxylic acids is 1. The summed E-state index contributed by atoms with van der Waals surface area (Å²) in [7, 11) is 0. The number of Topliss-reactive ketones (excluding diaryl/α,β-unsaturated/α-hetero) is 1. The van der Waals surface area contributed by atoms with E-state index in [4.69, 9.17) is 0 Å². The normalized spacial score (nSPS) is 15.5. The highest BCUT2D eigenvalue weighted by molar-refractivity contribution is 9.10. The number of hydrogen-bond acceptors (Lipinski definition) is 3. The Morgan fingerprint density at radius 1 is 1.65 bits per heavy atom. The van der Waals surface area contributed by atoms with E-state index in [0.29, 0.717) is 12.2 Å². The summed E-state index contributed by atoms with van der Waals surface area (Å²) in [6.45, 7) is 5.40. The van der Waals surface area contributed by atoms with E-state index in [1.54, 1.807) is 10.9 Å². The molecule has 1 N–H and O–H groups in total. The van der Waals surface area contributed by atoms with Crippen molar-refractivity contribution in [1.29, 1.82) is 0 Å². The first-order valence-electron chi connectivity index (χ1n) is 6.06. The van der Waals surface area contributed by atoms with Crippen LogP contribution >= 0.6 is 15.9 Å². The van der Waals surface area contributed by atoms with Crippen molar-refractivity contribution >= 4 is 21.7 Å². The first kappa shape index (κ1) is 12.8. The van der Waals surface area contributed by atoms with Crippen LogP contribution in [0.2, 0.25) is 0 Å². The highest BCUT2D eigenvalue weighted by Gasteiger charge is 2.22. The Kier molecular flexibility index (Phi) is 3.99. The van der Waals surface area contributed by atoms with Crippen LogP contribution in [0.15, 0.2) is 10.7 Å². The van der Waals surface area contributed by atoms with Crippen LogP contribution in [0, 0.1) is 5.92 Å². The second-order valence-electron chi connectivity index (χ2n) is 4.88. The summed E-state index contributed by atoms with van der Waals surface area (Å²) in [5, 5.41) is 7.43. The maximum Gasteiger partial charge on any atom is 0.195 e. The third-order valence-electron chi connectivity index (χ3n) is 2.92. The lowest BCUT2D eigenvalue weighted by molar-refractivity contribution is 0.0978. The van der Waals surface area contributed by atoms with Crippen LogP contribution < -0.4 is 5.32 Å². The van der Waals surface area contributed by atoms with Crippen LogP contribution in [0.5, 0.6) is 0 Å². The highest BCUT2D eigenvalue weighted by Crippen LogP contribution is 2.27. The van der Waals surface area contributed by atoms with Gasteiger partial charge in [0.15, 0.2) is 5.78 Å². The predicted octanol–water partition coefficient (Wildman–Crippen LogP) is 2.41. The van der Waals surface area contributed by atoms with E-state index in [-0.39, 0.29) is 11.8 Å². The smallest absolute Gasteiger partial charge is 0.195 e. The van der Waals surface area contributed by atoms with Gasteiger partial charge < -0.3 is 5.32 Å². The number of hydrogen-bond donors (Lipinski definition) is 1. The minimum absolute atomic E-state index is 0.101. The fourth-order valence-electron chi connectivity index (χ4n) is 1.79. The van der Waals surface area contributed by atoms with Gasteiger partial charge in [0, 0.05) is 6.04 Å². The molecule has 0 aromatic carbocycles. The van der Waals surface area contributed by atoms with Crippen LogP contribution in [-0.4, -0.2) is 28.7 Å². The van der Waals surface area contributed by atoms with E-state index in [1.807, 2.05) is 13.8 Å². The fourth-order valence-corrected chi connectivity index (χ4v) is 2.28. The monoisotopic (exact) mass is 299 g/mol. The summed E-state index contributed by atoms with van der Waals surface area (Å²) in [5.74, 6) is 0.893. The molecule has 0 spiro atoms. The van der Waals surface area contributed by atoms with Gasteiger partial charge in [0.1, 0.15) is 5.69 Å². The lowest BCUT2D eigenvalue weighted by Gasteiger charge is -2.11. The average molecular weight is 300 g/mol. The van der Waals surface area contributed by atoms with E-state index in [0.717, 1.165) is 16.9 Å². The molecule has 1 fully saturated rings. The van der Waals surface area contributed by atoms with Crippen LogP contribution in [0.4, 0.5) is 0 Å². The van der Waals surface area contributed by atoms with Crippen molar-refractivity contribution < 1.29 is 4.79 Å². The minimum atomic E-state index is 0.101. The van der Waals surface area contributed by atoms with Crippen LogP contribution in [0.1, 0.15) is 43.2 Å². The van der Waals surface area contributed by atoms with E-state index >= 15 is 0 Å². The number of halogens is 1. The molecule has 0 bridgehead atoms. The Bertz CT molecular complexity index is 410. The molecule has 4 nitrogen and oxygen atoms in total. The molecule has 0 atom stereocenters. The van der Waals surface area contributed by atoms with Gasteiger partial charge in [-0.15, -0.1) is 0 Å². The van der Waals surface area contributed by atoms with Gasteiger partial charge >= 0.3 is 0 Å². The molecule has 1 saturated carbocycles. The van der Waals surface area contributed by atoms with Gasteiger partial charge in [0.2, 0.25) is 0 Å². The molecule has 0 unspecified atom stereocenters. The molecule has 2 rings (SSSR count). The fraction of sp³-hybridized carbons (Fsp3) is 0.667. The lowest BCUT2D eigenvalue weighted by atomic mass is 10.2. The summed E-state index contributed by atoms with van der Waals surface area (Å²) in [5.41, 5.74) is 0.670. The first-order valence-corrected chi connectivity index (χ1v) is 6.85. The largest absolute Gasteiger partial charge is 0.309 e. The van der Waals surface area contributed by atoms with Gasteiger partial charge in [0.25, 0.3) is 0 Å². The number of ketones is 1. The second-order valence-corrected chi connectivity index (χ2v) is 5.73. The van der Waals surface area contributed by atoms with Crippen LogP contribution in [0.25, 0.3) is 0 Å². The number of carbonyl (C=O) groups is 1. The Morgan fingerprint density at radius 2 is 2.35 bits per heavy atom. The van der Waals surface area contributed by atoms with Crippen molar-refractivity contribution in [3.05, 3.63) is 16.4 Å². The van der Waals surface area contributed by atoms with Gasteiger partial charge in [-0.1, -0.05) is 0 Å². The molecule has 1 aliphatic rings.